The number of rotatable bonds is 6. The van der Waals surface area contributed by atoms with Crippen molar-refractivity contribution in [3.8, 4) is 0 Å². The van der Waals surface area contributed by atoms with Crippen molar-refractivity contribution >= 4 is 45.3 Å². The Balaban J connectivity index is 1.84. The predicted octanol–water partition coefficient (Wildman–Crippen LogP) is 4.34. The molecule has 1 aliphatic heterocycles. The topological polar surface area (TPSA) is 119 Å². The molecule has 1 heterocycles. The summed E-state index contributed by atoms with van der Waals surface area (Å²) in [6.07, 6.45) is 2.05. The lowest BCUT2D eigenvalue weighted by atomic mass is 9.92. The van der Waals surface area contributed by atoms with Crippen molar-refractivity contribution in [2.75, 3.05) is 22.5 Å². The molecule has 3 N–H and O–H groups in total. The number of benzene rings is 3. The number of nitrogens with one attached hydrogen (secondary N) is 1. The summed E-state index contributed by atoms with van der Waals surface area (Å²) < 4.78 is 0. The monoisotopic (exact) mass is 404 g/mol. The van der Waals surface area contributed by atoms with E-state index < -0.39 is 16.7 Å². The molecule has 0 atom stereocenters. The zero-order chi connectivity index (χ0) is 21.4. The van der Waals surface area contributed by atoms with Gasteiger partial charge < -0.3 is 11.1 Å². The van der Waals surface area contributed by atoms with E-state index in [1.54, 1.807) is 18.2 Å². The van der Waals surface area contributed by atoms with E-state index in [-0.39, 0.29) is 17.1 Å². The van der Waals surface area contributed by atoms with Crippen LogP contribution in [-0.4, -0.2) is 23.3 Å². The number of nitro groups is 1. The summed E-state index contributed by atoms with van der Waals surface area (Å²) in [5.74, 6) is -1.05. The fourth-order valence-corrected chi connectivity index (χ4v) is 3.71. The second kappa shape index (κ2) is 7.47. The second-order valence-corrected chi connectivity index (χ2v) is 7.12. The first-order chi connectivity index (χ1) is 14.4. The van der Waals surface area contributed by atoms with Crippen LogP contribution in [0.3, 0.4) is 0 Å². The maximum absolute atomic E-state index is 13.2. The molecule has 3 aromatic carbocycles. The Morgan fingerprint density at radius 1 is 1.07 bits per heavy atom. The van der Waals surface area contributed by atoms with Crippen LogP contribution in [0.2, 0.25) is 0 Å². The van der Waals surface area contributed by atoms with Crippen LogP contribution in [0.5, 0.6) is 0 Å². The average Bonchev–Trinajstić information content (AvgIpc) is 2.73. The van der Waals surface area contributed by atoms with E-state index in [9.17, 15) is 19.7 Å². The normalized spacial score (nSPS) is 13.0. The third-order valence-electron chi connectivity index (χ3n) is 5.22. The molecular formula is C22H20N4O4. The highest BCUT2D eigenvalue weighted by atomic mass is 16.6. The summed E-state index contributed by atoms with van der Waals surface area (Å²) in [4.78, 5) is 38.0. The van der Waals surface area contributed by atoms with Crippen molar-refractivity contribution in [3.63, 3.8) is 0 Å². The first kappa shape index (κ1) is 19.4. The fourth-order valence-electron chi connectivity index (χ4n) is 3.71. The first-order valence-electron chi connectivity index (χ1n) is 9.66. The number of nitrogens with two attached hydrogens (primary N) is 1. The number of carbonyl (C=O) groups excluding carboxylic acids is 2. The maximum Gasteiger partial charge on any atom is 0.294 e. The van der Waals surface area contributed by atoms with Crippen LogP contribution in [0.15, 0.2) is 48.5 Å². The SMILES string of the molecule is CCCCNc1ccc2c3c(cccc13)C(=O)N(c1ccc(N)c([N+](=O)[O-])c1)C2=O. The summed E-state index contributed by atoms with van der Waals surface area (Å²) >= 11 is 0. The third kappa shape index (κ3) is 3.02. The number of anilines is 3. The van der Waals surface area contributed by atoms with Crippen LogP contribution in [0, 0.1) is 10.1 Å². The minimum absolute atomic E-state index is 0.0362. The summed E-state index contributed by atoms with van der Waals surface area (Å²) in [5.41, 5.74) is 6.99. The average molecular weight is 404 g/mol. The lowest BCUT2D eigenvalue weighted by Crippen LogP contribution is -2.40. The van der Waals surface area contributed by atoms with Crippen molar-refractivity contribution in [1.29, 1.82) is 0 Å². The van der Waals surface area contributed by atoms with Gasteiger partial charge in [-0.1, -0.05) is 25.5 Å². The Morgan fingerprint density at radius 3 is 2.50 bits per heavy atom. The summed E-state index contributed by atoms with van der Waals surface area (Å²) in [5, 5.41) is 16.0. The molecule has 30 heavy (non-hydrogen) atoms. The van der Waals surface area contributed by atoms with Crippen molar-refractivity contribution in [2.45, 2.75) is 19.8 Å². The van der Waals surface area contributed by atoms with Gasteiger partial charge >= 0.3 is 0 Å². The van der Waals surface area contributed by atoms with Gasteiger partial charge in [0, 0.05) is 40.2 Å². The lowest BCUT2D eigenvalue weighted by molar-refractivity contribution is -0.383. The molecule has 0 spiro atoms. The highest BCUT2D eigenvalue weighted by Gasteiger charge is 2.35. The van der Waals surface area contributed by atoms with E-state index in [2.05, 4.69) is 12.2 Å². The standard InChI is InChI=1S/C22H20N4O4/c1-2-3-11-24-18-10-8-16-20-14(18)5-4-6-15(20)21(27)25(22(16)28)13-7-9-17(23)19(12-13)26(29)30/h4-10,12,24H,2-3,11,23H2,1H3. The number of unbranched alkanes of at least 4 members (excludes halogenated alkanes) is 1. The van der Waals surface area contributed by atoms with Crippen LogP contribution < -0.4 is 16.0 Å². The Kier molecular flexibility index (Phi) is 4.83. The highest BCUT2D eigenvalue weighted by molar-refractivity contribution is 6.36. The molecule has 2 amide bonds. The zero-order valence-electron chi connectivity index (χ0n) is 16.3. The van der Waals surface area contributed by atoms with Gasteiger partial charge in [0.15, 0.2) is 0 Å². The number of hydrogen-bond donors (Lipinski definition) is 2. The summed E-state index contributed by atoms with van der Waals surface area (Å²) in [6.45, 7) is 2.89. The Hall–Kier alpha value is -3.94. The van der Waals surface area contributed by atoms with E-state index in [1.165, 1.54) is 12.1 Å². The van der Waals surface area contributed by atoms with Crippen molar-refractivity contribution in [1.82, 2.24) is 0 Å². The maximum atomic E-state index is 13.2. The van der Waals surface area contributed by atoms with Gasteiger partial charge in [0.25, 0.3) is 17.5 Å². The molecule has 0 saturated carbocycles. The number of nitrogens with zero attached hydrogens (tertiary/aromatic N) is 2. The molecule has 0 unspecified atom stereocenters. The first-order valence-corrected chi connectivity index (χ1v) is 9.66. The van der Waals surface area contributed by atoms with E-state index in [0.29, 0.717) is 16.5 Å². The zero-order valence-corrected chi connectivity index (χ0v) is 16.3. The number of hydrogen-bond acceptors (Lipinski definition) is 6. The number of amides is 2. The molecule has 3 aromatic rings. The molecule has 0 saturated heterocycles. The van der Waals surface area contributed by atoms with Gasteiger partial charge in [0.1, 0.15) is 5.69 Å². The summed E-state index contributed by atoms with van der Waals surface area (Å²) in [6, 6.07) is 12.7. The van der Waals surface area contributed by atoms with Crippen LogP contribution in [0.25, 0.3) is 10.8 Å². The smallest absolute Gasteiger partial charge is 0.294 e. The minimum atomic E-state index is -0.638. The van der Waals surface area contributed by atoms with Crippen molar-refractivity contribution < 1.29 is 14.5 Å². The number of nitrogen functional groups attached to an aromatic ring is 1. The van der Waals surface area contributed by atoms with E-state index in [0.717, 1.165) is 41.4 Å². The molecule has 0 radical (unpaired) electrons. The van der Waals surface area contributed by atoms with Gasteiger partial charge in [-0.15, -0.1) is 0 Å². The third-order valence-corrected chi connectivity index (χ3v) is 5.22. The fraction of sp³-hybridized carbons (Fsp3) is 0.182. The molecule has 0 fully saturated rings. The number of carbonyl (C=O) groups is 2. The Labute approximate surface area is 172 Å². The molecule has 0 aromatic heterocycles. The predicted molar refractivity (Wildman–Crippen MR) is 116 cm³/mol. The van der Waals surface area contributed by atoms with E-state index >= 15 is 0 Å². The summed E-state index contributed by atoms with van der Waals surface area (Å²) in [7, 11) is 0. The quantitative estimate of drug-likeness (QED) is 0.207. The van der Waals surface area contributed by atoms with E-state index in [4.69, 9.17) is 5.73 Å². The van der Waals surface area contributed by atoms with Crippen molar-refractivity contribution in [3.05, 3.63) is 69.8 Å². The largest absolute Gasteiger partial charge is 0.393 e. The molecule has 0 aliphatic carbocycles. The Bertz CT molecular complexity index is 1180. The van der Waals surface area contributed by atoms with Crippen LogP contribution >= 0.6 is 0 Å². The van der Waals surface area contributed by atoms with Crippen LogP contribution in [0.1, 0.15) is 40.5 Å². The molecule has 8 nitrogen and oxygen atoms in total. The van der Waals surface area contributed by atoms with Gasteiger partial charge in [0.05, 0.1) is 10.6 Å². The molecule has 1 aliphatic rings. The van der Waals surface area contributed by atoms with E-state index in [1.807, 2.05) is 12.1 Å². The van der Waals surface area contributed by atoms with Gasteiger partial charge in [-0.3, -0.25) is 19.7 Å². The van der Waals surface area contributed by atoms with Gasteiger partial charge in [-0.2, -0.15) is 0 Å². The molecule has 4 rings (SSSR count). The Morgan fingerprint density at radius 2 is 1.80 bits per heavy atom. The highest BCUT2D eigenvalue weighted by Crippen LogP contribution is 2.37. The van der Waals surface area contributed by atoms with Crippen LogP contribution in [0.4, 0.5) is 22.7 Å². The molecule has 152 valence electrons. The molecule has 8 heteroatoms. The van der Waals surface area contributed by atoms with Crippen LogP contribution in [-0.2, 0) is 0 Å². The van der Waals surface area contributed by atoms with Crippen molar-refractivity contribution in [2.24, 2.45) is 0 Å². The molecule has 0 bridgehead atoms. The number of imide groups is 1. The second-order valence-electron chi connectivity index (χ2n) is 7.12. The van der Waals surface area contributed by atoms with Gasteiger partial charge in [0.2, 0.25) is 0 Å². The minimum Gasteiger partial charge on any atom is -0.393 e. The van der Waals surface area contributed by atoms with Gasteiger partial charge in [-0.05, 0) is 36.8 Å². The lowest BCUT2D eigenvalue weighted by Gasteiger charge is -2.28. The molecular weight excluding hydrogens is 384 g/mol. The van der Waals surface area contributed by atoms with Gasteiger partial charge in [-0.25, -0.2) is 4.90 Å². The number of nitro benzene ring substituents is 1.